The highest BCUT2D eigenvalue weighted by molar-refractivity contribution is 6.32. The third kappa shape index (κ3) is 4.56. The van der Waals surface area contributed by atoms with Gasteiger partial charge >= 0.3 is 12.0 Å². The number of ether oxygens (including phenoxy) is 1. The van der Waals surface area contributed by atoms with Crippen molar-refractivity contribution in [2.24, 2.45) is 17.3 Å². The molecular weight excluding hydrogens is 368 g/mol. The van der Waals surface area contributed by atoms with E-state index in [1.165, 1.54) is 0 Å². The molecule has 0 radical (unpaired) electrons. The van der Waals surface area contributed by atoms with Gasteiger partial charge in [0.2, 0.25) is 0 Å². The first-order valence-electron chi connectivity index (χ1n) is 9.06. The Morgan fingerprint density at radius 1 is 1.33 bits per heavy atom. The number of amides is 2. The summed E-state index contributed by atoms with van der Waals surface area (Å²) in [5.74, 6) is -0.346. The van der Waals surface area contributed by atoms with Gasteiger partial charge in [-0.25, -0.2) is 4.79 Å². The largest absolute Gasteiger partial charge is 0.491 e. The first-order valence-corrected chi connectivity index (χ1v) is 9.44. The lowest BCUT2D eigenvalue weighted by Crippen LogP contribution is -2.44. The minimum absolute atomic E-state index is 0.0197. The van der Waals surface area contributed by atoms with Gasteiger partial charge in [-0.2, -0.15) is 0 Å². The van der Waals surface area contributed by atoms with Crippen LogP contribution in [-0.2, 0) is 4.79 Å². The van der Waals surface area contributed by atoms with Gasteiger partial charge in [0.1, 0.15) is 5.75 Å². The van der Waals surface area contributed by atoms with E-state index in [0.29, 0.717) is 30.2 Å². The Kier molecular flexibility index (Phi) is 5.38. The predicted molar refractivity (Wildman–Crippen MR) is 103 cm³/mol. The first kappa shape index (κ1) is 19.5. The van der Waals surface area contributed by atoms with Crippen molar-refractivity contribution in [2.45, 2.75) is 39.7 Å². The maximum Gasteiger partial charge on any atom is 0.319 e. The molecule has 1 aliphatic carbocycles. The molecule has 1 saturated carbocycles. The molecule has 1 aliphatic heterocycles. The van der Waals surface area contributed by atoms with Crippen molar-refractivity contribution in [3.8, 4) is 5.75 Å². The van der Waals surface area contributed by atoms with E-state index in [9.17, 15) is 9.59 Å². The average molecular weight is 393 g/mol. The summed E-state index contributed by atoms with van der Waals surface area (Å²) in [5.41, 5.74) is 1.85. The van der Waals surface area contributed by atoms with Crippen molar-refractivity contribution >= 4 is 23.6 Å². The monoisotopic (exact) mass is 392 g/mol. The number of carboxylic acids is 1. The number of hydrogen-bond acceptors (Lipinski definition) is 3. The lowest BCUT2D eigenvalue weighted by Gasteiger charge is -2.39. The summed E-state index contributed by atoms with van der Waals surface area (Å²) in [7, 11) is 0. The molecule has 1 atom stereocenters. The number of rotatable bonds is 5. The highest BCUT2D eigenvalue weighted by atomic mass is 35.5. The molecule has 27 heavy (non-hydrogen) atoms. The number of nitrogens with one attached hydrogen (secondary N) is 2. The summed E-state index contributed by atoms with van der Waals surface area (Å²) in [5, 5.41) is 15.2. The molecule has 7 heteroatoms. The summed E-state index contributed by atoms with van der Waals surface area (Å²) in [4.78, 5) is 22.9. The fraction of sp³-hybridized carbons (Fsp3) is 0.500. The highest BCUT2D eigenvalue weighted by Crippen LogP contribution is 2.44. The minimum atomic E-state index is -0.764. The van der Waals surface area contributed by atoms with Crippen LogP contribution in [0, 0.1) is 17.3 Å². The summed E-state index contributed by atoms with van der Waals surface area (Å²) in [6.45, 7) is 6.79. The van der Waals surface area contributed by atoms with Gasteiger partial charge in [0.25, 0.3) is 0 Å². The maximum atomic E-state index is 11.8. The smallest absolute Gasteiger partial charge is 0.319 e. The molecular formula is C20H25ClN2O4. The maximum absolute atomic E-state index is 11.8. The van der Waals surface area contributed by atoms with Gasteiger partial charge in [-0.05, 0) is 47.4 Å². The summed E-state index contributed by atoms with van der Waals surface area (Å²) < 4.78 is 5.80. The van der Waals surface area contributed by atoms with Crippen molar-refractivity contribution < 1.29 is 19.4 Å². The van der Waals surface area contributed by atoms with Gasteiger partial charge < -0.3 is 20.5 Å². The molecule has 1 unspecified atom stereocenters. The van der Waals surface area contributed by atoms with Crippen LogP contribution in [0.4, 0.5) is 4.79 Å². The zero-order chi connectivity index (χ0) is 19.8. The number of halogens is 1. The standard InChI is InChI=1S/C20H25ClN2O4/c1-20(2,3)10-27-16-5-4-11(8-15(16)21)17-14(9-22-19(26)23-17)12-6-13(7-12)18(24)25/h4-5,8-9,12-13,17H,6-7,10H2,1-3H3,(H,24,25)(H2,22,23,26)/t12-,13-,17?. The molecule has 0 bridgehead atoms. The molecule has 1 aromatic carbocycles. The second-order valence-corrected chi connectivity index (χ2v) is 8.85. The van der Waals surface area contributed by atoms with Crippen molar-refractivity contribution in [2.75, 3.05) is 6.61 Å². The Labute approximate surface area is 163 Å². The van der Waals surface area contributed by atoms with Crippen LogP contribution >= 0.6 is 11.6 Å². The van der Waals surface area contributed by atoms with Gasteiger partial charge in [0.05, 0.1) is 23.6 Å². The van der Waals surface area contributed by atoms with Crippen LogP contribution in [0.25, 0.3) is 0 Å². The Balaban J connectivity index is 1.77. The molecule has 146 valence electrons. The van der Waals surface area contributed by atoms with E-state index < -0.39 is 5.97 Å². The number of hydrogen-bond donors (Lipinski definition) is 3. The third-order valence-corrected chi connectivity index (χ3v) is 5.18. The number of urea groups is 1. The third-order valence-electron chi connectivity index (χ3n) is 4.89. The van der Waals surface area contributed by atoms with Crippen LogP contribution in [0.2, 0.25) is 5.02 Å². The first-order chi connectivity index (χ1) is 12.6. The number of carbonyl (C=O) groups excluding carboxylic acids is 1. The van der Waals surface area contributed by atoms with Crippen molar-refractivity contribution in [3.63, 3.8) is 0 Å². The molecule has 3 N–H and O–H groups in total. The fourth-order valence-electron chi connectivity index (χ4n) is 3.32. The lowest BCUT2D eigenvalue weighted by molar-refractivity contribution is -0.145. The fourth-order valence-corrected chi connectivity index (χ4v) is 3.56. The molecule has 1 fully saturated rings. The van der Waals surface area contributed by atoms with Crippen LogP contribution in [0.3, 0.4) is 0 Å². The van der Waals surface area contributed by atoms with Gasteiger partial charge in [0.15, 0.2) is 0 Å². The van der Waals surface area contributed by atoms with Gasteiger partial charge in [-0.3, -0.25) is 4.79 Å². The van der Waals surface area contributed by atoms with E-state index in [0.717, 1.165) is 11.1 Å². The summed E-state index contributed by atoms with van der Waals surface area (Å²) in [6.07, 6.45) is 2.86. The molecule has 2 aliphatic rings. The van der Waals surface area contributed by atoms with Gasteiger partial charge in [-0.15, -0.1) is 0 Å². The zero-order valence-electron chi connectivity index (χ0n) is 15.7. The van der Waals surface area contributed by atoms with Crippen LogP contribution < -0.4 is 15.4 Å². The molecule has 0 saturated heterocycles. The van der Waals surface area contributed by atoms with Gasteiger partial charge in [-0.1, -0.05) is 38.4 Å². The number of carboxylic acid groups (broad SMARTS) is 1. The predicted octanol–water partition coefficient (Wildman–Crippen LogP) is 4.11. The Bertz CT molecular complexity index is 779. The molecule has 6 nitrogen and oxygen atoms in total. The highest BCUT2D eigenvalue weighted by Gasteiger charge is 2.40. The second kappa shape index (κ2) is 7.43. The zero-order valence-corrected chi connectivity index (χ0v) is 16.5. The number of benzene rings is 1. The van der Waals surface area contributed by atoms with Crippen molar-refractivity contribution in [1.82, 2.24) is 10.6 Å². The van der Waals surface area contributed by atoms with Crippen LogP contribution in [0.5, 0.6) is 5.75 Å². The summed E-state index contributed by atoms with van der Waals surface area (Å²) >= 11 is 6.40. The Hall–Kier alpha value is -2.21. The normalized spacial score (nSPS) is 25.0. The molecule has 1 aromatic rings. The second-order valence-electron chi connectivity index (χ2n) is 8.44. The van der Waals surface area contributed by atoms with Gasteiger partial charge in [0, 0.05) is 6.20 Å². The quantitative estimate of drug-likeness (QED) is 0.703. The summed E-state index contributed by atoms with van der Waals surface area (Å²) in [6, 6.07) is 4.89. The van der Waals surface area contributed by atoms with Crippen LogP contribution in [0.15, 0.2) is 30.0 Å². The Morgan fingerprint density at radius 3 is 2.63 bits per heavy atom. The van der Waals surface area contributed by atoms with Crippen molar-refractivity contribution in [1.29, 1.82) is 0 Å². The lowest BCUT2D eigenvalue weighted by atomic mass is 9.68. The van der Waals surface area contributed by atoms with E-state index in [1.807, 2.05) is 12.1 Å². The van der Waals surface area contributed by atoms with E-state index in [4.69, 9.17) is 21.4 Å². The van der Waals surface area contributed by atoms with E-state index in [-0.39, 0.29) is 29.3 Å². The number of aliphatic carboxylic acids is 1. The van der Waals surface area contributed by atoms with Crippen molar-refractivity contribution in [3.05, 3.63) is 40.6 Å². The molecule has 3 rings (SSSR count). The minimum Gasteiger partial charge on any atom is -0.491 e. The molecule has 0 spiro atoms. The Morgan fingerprint density at radius 2 is 2.04 bits per heavy atom. The average Bonchev–Trinajstić information content (AvgIpc) is 2.52. The topological polar surface area (TPSA) is 87.7 Å². The van der Waals surface area contributed by atoms with E-state index in [2.05, 4.69) is 31.4 Å². The molecule has 0 aromatic heterocycles. The molecule has 2 amide bonds. The van der Waals surface area contributed by atoms with E-state index in [1.54, 1.807) is 12.3 Å². The van der Waals surface area contributed by atoms with Crippen LogP contribution in [0.1, 0.15) is 45.2 Å². The van der Waals surface area contributed by atoms with Crippen LogP contribution in [-0.4, -0.2) is 23.7 Å². The number of carbonyl (C=O) groups is 2. The molecule has 1 heterocycles. The SMILES string of the molecule is CC(C)(C)COc1ccc(C2NC(=O)NC=C2[C@H]2C[C@H](C(=O)O)C2)cc1Cl. The van der Waals surface area contributed by atoms with E-state index >= 15 is 0 Å².